The van der Waals surface area contributed by atoms with Gasteiger partial charge in [-0.3, -0.25) is 0 Å². The predicted molar refractivity (Wildman–Crippen MR) is 70.5 cm³/mol. The minimum Gasteiger partial charge on any atom is -0.392 e. The second-order valence-electron chi connectivity index (χ2n) is 5.23. The molecule has 0 saturated carbocycles. The zero-order valence-corrected chi connectivity index (χ0v) is 11.5. The molecule has 1 N–H and O–H groups in total. The second-order valence-corrected chi connectivity index (χ2v) is 6.38. The monoisotopic (exact) mass is 260 g/mol. The summed E-state index contributed by atoms with van der Waals surface area (Å²) in [7, 11) is 0. The topological polar surface area (TPSA) is 38.7 Å². The summed E-state index contributed by atoms with van der Waals surface area (Å²) in [4.78, 5) is 0. The molecule has 2 aliphatic heterocycles. The molecular weight excluding hydrogens is 236 g/mol. The molecule has 100 valence electrons. The minimum atomic E-state index is -0.173. The molecule has 2 fully saturated rings. The van der Waals surface area contributed by atoms with Gasteiger partial charge in [0.2, 0.25) is 0 Å². The molecule has 0 radical (unpaired) electrons. The lowest BCUT2D eigenvalue weighted by molar-refractivity contribution is -0.113. The van der Waals surface area contributed by atoms with E-state index in [9.17, 15) is 5.11 Å². The van der Waals surface area contributed by atoms with Crippen molar-refractivity contribution in [1.82, 2.24) is 0 Å². The van der Waals surface area contributed by atoms with Gasteiger partial charge in [0, 0.05) is 25.4 Å². The van der Waals surface area contributed by atoms with Gasteiger partial charge in [-0.15, -0.1) is 0 Å². The molecule has 2 heterocycles. The van der Waals surface area contributed by atoms with Crippen molar-refractivity contribution in [3.05, 3.63) is 0 Å². The molecule has 3 atom stereocenters. The number of thioether (sulfide) groups is 1. The Balaban J connectivity index is 1.79. The molecule has 1 spiro atoms. The first-order valence-corrected chi connectivity index (χ1v) is 7.89. The van der Waals surface area contributed by atoms with Crippen LogP contribution in [0.25, 0.3) is 0 Å². The van der Waals surface area contributed by atoms with Crippen LogP contribution in [0.15, 0.2) is 0 Å². The Labute approximate surface area is 108 Å². The van der Waals surface area contributed by atoms with Crippen molar-refractivity contribution in [3.8, 4) is 0 Å². The molecule has 17 heavy (non-hydrogen) atoms. The fourth-order valence-electron chi connectivity index (χ4n) is 2.74. The number of hydrogen-bond donors (Lipinski definition) is 1. The molecule has 0 bridgehead atoms. The summed E-state index contributed by atoms with van der Waals surface area (Å²) in [6.45, 7) is 4.49. The fourth-order valence-corrected chi connectivity index (χ4v) is 3.71. The summed E-state index contributed by atoms with van der Waals surface area (Å²) < 4.78 is 11.3. The average molecular weight is 260 g/mol. The molecular formula is C13H24O3S. The first-order chi connectivity index (χ1) is 8.26. The normalized spacial score (nSPS) is 35.3. The molecule has 2 aliphatic rings. The average Bonchev–Trinajstić information content (AvgIpc) is 2.77. The van der Waals surface area contributed by atoms with Crippen LogP contribution in [0.5, 0.6) is 0 Å². The summed E-state index contributed by atoms with van der Waals surface area (Å²) in [5, 5.41) is 10.2. The van der Waals surface area contributed by atoms with Crippen molar-refractivity contribution in [2.75, 3.05) is 31.3 Å². The second kappa shape index (κ2) is 6.41. The van der Waals surface area contributed by atoms with Gasteiger partial charge in [-0.25, -0.2) is 0 Å². The van der Waals surface area contributed by atoms with E-state index in [1.165, 1.54) is 6.42 Å². The van der Waals surface area contributed by atoms with E-state index in [1.807, 2.05) is 11.8 Å². The summed E-state index contributed by atoms with van der Waals surface area (Å²) in [5.74, 6) is 2.42. The lowest BCUT2D eigenvalue weighted by Gasteiger charge is -2.38. The Morgan fingerprint density at radius 3 is 3.06 bits per heavy atom. The fraction of sp³-hybridized carbons (Fsp3) is 1.00. The third-order valence-corrected chi connectivity index (χ3v) is 5.05. The van der Waals surface area contributed by atoms with Crippen molar-refractivity contribution in [2.24, 2.45) is 5.92 Å². The van der Waals surface area contributed by atoms with Gasteiger partial charge in [0.1, 0.15) is 0 Å². The Kier molecular flexibility index (Phi) is 5.15. The van der Waals surface area contributed by atoms with Gasteiger partial charge in [0.05, 0.1) is 18.3 Å². The summed E-state index contributed by atoms with van der Waals surface area (Å²) in [5.41, 5.74) is -0.0701. The first kappa shape index (κ1) is 13.7. The highest BCUT2D eigenvalue weighted by Crippen LogP contribution is 2.37. The van der Waals surface area contributed by atoms with Crippen molar-refractivity contribution >= 4 is 11.8 Å². The quantitative estimate of drug-likeness (QED) is 0.768. The summed E-state index contributed by atoms with van der Waals surface area (Å²) in [6, 6.07) is 0. The van der Waals surface area contributed by atoms with Crippen molar-refractivity contribution in [2.45, 2.75) is 44.3 Å². The van der Waals surface area contributed by atoms with Gasteiger partial charge in [-0.1, -0.05) is 6.92 Å². The standard InChI is InChI=1S/C13H24O3S/c1-2-7-17-9-12(14)11-3-5-16-13(8-11)4-6-15-10-13/h11-12,14H,2-10H2,1H3. The predicted octanol–water partition coefficient (Wildman–Crippen LogP) is 2.08. The van der Waals surface area contributed by atoms with Gasteiger partial charge in [-0.05, 0) is 30.9 Å². The number of aliphatic hydroxyl groups excluding tert-OH is 1. The maximum atomic E-state index is 10.2. The number of ether oxygens (including phenoxy) is 2. The van der Waals surface area contributed by atoms with Crippen LogP contribution in [0, 0.1) is 5.92 Å². The van der Waals surface area contributed by atoms with Crippen LogP contribution in [0.1, 0.15) is 32.6 Å². The lowest BCUT2D eigenvalue weighted by atomic mass is 9.82. The number of aliphatic hydroxyl groups is 1. The molecule has 0 aromatic rings. The van der Waals surface area contributed by atoms with E-state index in [4.69, 9.17) is 9.47 Å². The maximum Gasteiger partial charge on any atom is 0.0940 e. The molecule has 3 nitrogen and oxygen atoms in total. The highest BCUT2D eigenvalue weighted by molar-refractivity contribution is 7.99. The largest absolute Gasteiger partial charge is 0.392 e. The molecule has 0 aliphatic carbocycles. The van der Waals surface area contributed by atoms with Gasteiger partial charge >= 0.3 is 0 Å². The highest BCUT2D eigenvalue weighted by Gasteiger charge is 2.42. The van der Waals surface area contributed by atoms with Crippen molar-refractivity contribution < 1.29 is 14.6 Å². The van der Waals surface area contributed by atoms with Crippen LogP contribution in [-0.4, -0.2) is 48.1 Å². The Hall–Kier alpha value is 0.230. The van der Waals surface area contributed by atoms with E-state index in [2.05, 4.69) is 6.92 Å². The van der Waals surface area contributed by atoms with E-state index in [0.29, 0.717) is 5.92 Å². The molecule has 0 aromatic heterocycles. The molecule has 2 rings (SSSR count). The minimum absolute atomic E-state index is 0.0701. The van der Waals surface area contributed by atoms with Crippen LogP contribution in [0.3, 0.4) is 0 Å². The van der Waals surface area contributed by atoms with E-state index >= 15 is 0 Å². The van der Waals surface area contributed by atoms with Gasteiger partial charge in [0.25, 0.3) is 0 Å². The Morgan fingerprint density at radius 1 is 1.47 bits per heavy atom. The molecule has 3 unspecified atom stereocenters. The SMILES string of the molecule is CCCSCC(O)C1CCOC2(CCOC2)C1. The van der Waals surface area contributed by atoms with Gasteiger partial charge in [0.15, 0.2) is 0 Å². The van der Waals surface area contributed by atoms with E-state index in [0.717, 1.165) is 50.6 Å². The van der Waals surface area contributed by atoms with Crippen LogP contribution in [-0.2, 0) is 9.47 Å². The smallest absolute Gasteiger partial charge is 0.0940 e. The van der Waals surface area contributed by atoms with Crippen LogP contribution in [0.4, 0.5) is 0 Å². The van der Waals surface area contributed by atoms with Crippen LogP contribution >= 0.6 is 11.8 Å². The van der Waals surface area contributed by atoms with Crippen LogP contribution in [0.2, 0.25) is 0 Å². The van der Waals surface area contributed by atoms with Crippen molar-refractivity contribution in [1.29, 1.82) is 0 Å². The zero-order chi connectivity index (χ0) is 12.1. The van der Waals surface area contributed by atoms with E-state index < -0.39 is 0 Å². The lowest BCUT2D eigenvalue weighted by Crippen LogP contribution is -2.44. The first-order valence-electron chi connectivity index (χ1n) is 6.73. The third kappa shape index (κ3) is 3.60. The van der Waals surface area contributed by atoms with Gasteiger partial charge < -0.3 is 14.6 Å². The van der Waals surface area contributed by atoms with E-state index in [1.54, 1.807) is 0 Å². The maximum absolute atomic E-state index is 10.2. The molecule has 0 amide bonds. The molecule has 2 saturated heterocycles. The third-order valence-electron chi connectivity index (χ3n) is 3.78. The molecule has 4 heteroatoms. The van der Waals surface area contributed by atoms with Gasteiger partial charge in [-0.2, -0.15) is 11.8 Å². The Bertz CT molecular complexity index is 229. The summed E-state index contributed by atoms with van der Waals surface area (Å²) >= 11 is 1.86. The Morgan fingerprint density at radius 2 is 2.35 bits per heavy atom. The number of rotatable bonds is 5. The molecule has 0 aromatic carbocycles. The van der Waals surface area contributed by atoms with Crippen LogP contribution < -0.4 is 0 Å². The highest BCUT2D eigenvalue weighted by atomic mass is 32.2. The summed E-state index contributed by atoms with van der Waals surface area (Å²) in [6.07, 6.45) is 3.98. The number of hydrogen-bond acceptors (Lipinski definition) is 4. The zero-order valence-electron chi connectivity index (χ0n) is 10.7. The van der Waals surface area contributed by atoms with Crippen molar-refractivity contribution in [3.63, 3.8) is 0 Å². The van der Waals surface area contributed by atoms with E-state index in [-0.39, 0.29) is 11.7 Å².